The first-order valence-corrected chi connectivity index (χ1v) is 13.9. The fraction of sp³-hybridized carbons (Fsp3) is 0. The number of furan rings is 1. The van der Waals surface area contributed by atoms with Gasteiger partial charge >= 0.3 is 0 Å². The summed E-state index contributed by atoms with van der Waals surface area (Å²) in [6.07, 6.45) is 0. The molecule has 2 aromatic heterocycles. The highest BCUT2D eigenvalue weighted by molar-refractivity contribution is 7.25. The molecule has 0 bridgehead atoms. The van der Waals surface area contributed by atoms with Gasteiger partial charge in [0.15, 0.2) is 0 Å². The summed E-state index contributed by atoms with van der Waals surface area (Å²) in [4.78, 5) is 2.32. The summed E-state index contributed by atoms with van der Waals surface area (Å²) in [6.45, 7) is 0. The number of para-hydroxylation sites is 4. The van der Waals surface area contributed by atoms with E-state index in [0.29, 0.717) is 0 Å². The van der Waals surface area contributed by atoms with Gasteiger partial charge in [-0.15, -0.1) is 11.3 Å². The van der Waals surface area contributed by atoms with Gasteiger partial charge in [-0.25, -0.2) is 0 Å². The van der Waals surface area contributed by atoms with E-state index in [1.165, 1.54) is 25.7 Å². The number of hydrogen-bond donors (Lipinski definition) is 0. The van der Waals surface area contributed by atoms with Gasteiger partial charge in [0.2, 0.25) is 0 Å². The molecule has 0 saturated heterocycles. The minimum Gasteiger partial charge on any atom is -0.455 e. The number of anilines is 3. The lowest BCUT2D eigenvalue weighted by Gasteiger charge is -2.25. The summed E-state index contributed by atoms with van der Waals surface area (Å²) in [5.41, 5.74) is 7.61. The van der Waals surface area contributed by atoms with Crippen LogP contribution in [-0.2, 0) is 0 Å². The van der Waals surface area contributed by atoms with Gasteiger partial charge in [0.25, 0.3) is 0 Å². The largest absolute Gasteiger partial charge is 0.455 e. The van der Waals surface area contributed by atoms with Gasteiger partial charge in [0.05, 0.1) is 0 Å². The molecule has 2 nitrogen and oxygen atoms in total. The van der Waals surface area contributed by atoms with Crippen LogP contribution in [0.1, 0.15) is 0 Å². The highest BCUT2D eigenvalue weighted by atomic mass is 32.1. The molecular formula is C36H23NOS. The second-order valence-corrected chi connectivity index (χ2v) is 10.9. The maximum Gasteiger partial charge on any atom is 0.143 e. The molecule has 0 saturated carbocycles. The summed E-state index contributed by atoms with van der Waals surface area (Å²) >= 11 is 1.84. The van der Waals surface area contributed by atoms with Crippen LogP contribution >= 0.6 is 11.3 Å². The maximum absolute atomic E-state index is 6.33. The van der Waals surface area contributed by atoms with E-state index in [4.69, 9.17) is 4.42 Å². The predicted octanol–water partition coefficient (Wildman–Crippen LogP) is 11.1. The fourth-order valence-corrected chi connectivity index (χ4v) is 6.77. The Labute approximate surface area is 230 Å². The quantitative estimate of drug-likeness (QED) is 0.231. The highest BCUT2D eigenvalue weighted by Crippen LogP contribution is 2.42. The van der Waals surface area contributed by atoms with Gasteiger partial charge in [-0.2, -0.15) is 0 Å². The lowest BCUT2D eigenvalue weighted by Crippen LogP contribution is -2.09. The zero-order chi connectivity index (χ0) is 25.8. The standard InChI is InChI=1S/C36H23NOS/c1-3-10-25(11-4-1)37(26-12-5-2-6-13-26)27-19-21-34-32(23-27)30-20-18-24(22-35(30)39-34)28-15-9-16-31-29-14-7-8-17-33(29)38-36(28)31/h1-23H. The third-order valence-corrected chi connectivity index (χ3v) is 8.59. The van der Waals surface area contributed by atoms with E-state index in [1.807, 2.05) is 23.5 Å². The van der Waals surface area contributed by atoms with Crippen LogP contribution in [0.5, 0.6) is 0 Å². The molecule has 0 amide bonds. The zero-order valence-electron chi connectivity index (χ0n) is 21.0. The maximum atomic E-state index is 6.33. The Morgan fingerprint density at radius 3 is 1.97 bits per heavy atom. The normalized spacial score (nSPS) is 11.6. The molecule has 8 rings (SSSR count). The molecule has 0 aliphatic heterocycles. The van der Waals surface area contributed by atoms with Gasteiger partial charge in [-0.3, -0.25) is 0 Å². The Morgan fingerprint density at radius 2 is 1.18 bits per heavy atom. The van der Waals surface area contributed by atoms with Crippen LogP contribution < -0.4 is 4.90 Å². The predicted molar refractivity (Wildman–Crippen MR) is 167 cm³/mol. The van der Waals surface area contributed by atoms with E-state index >= 15 is 0 Å². The van der Waals surface area contributed by atoms with Crippen molar-refractivity contribution >= 4 is 70.5 Å². The summed E-state index contributed by atoms with van der Waals surface area (Å²) in [5, 5.41) is 4.87. The lowest BCUT2D eigenvalue weighted by atomic mass is 10.0. The molecule has 0 aliphatic carbocycles. The molecule has 0 N–H and O–H groups in total. The van der Waals surface area contributed by atoms with Crippen molar-refractivity contribution in [2.75, 3.05) is 4.90 Å². The monoisotopic (exact) mass is 517 g/mol. The first-order valence-electron chi connectivity index (χ1n) is 13.1. The minimum absolute atomic E-state index is 0.928. The summed E-state index contributed by atoms with van der Waals surface area (Å²) < 4.78 is 8.90. The van der Waals surface area contributed by atoms with Crippen LogP contribution in [0.15, 0.2) is 144 Å². The fourth-order valence-electron chi connectivity index (χ4n) is 5.65. The molecule has 39 heavy (non-hydrogen) atoms. The van der Waals surface area contributed by atoms with Gasteiger partial charge < -0.3 is 9.32 Å². The molecule has 8 aromatic rings. The van der Waals surface area contributed by atoms with Crippen LogP contribution in [0, 0.1) is 0 Å². The molecule has 0 aliphatic rings. The molecule has 2 heterocycles. The van der Waals surface area contributed by atoms with Gasteiger partial charge in [0, 0.05) is 53.6 Å². The SMILES string of the molecule is c1ccc(N(c2ccccc2)c2ccc3sc4cc(-c5cccc6c5oc5ccccc56)ccc4c3c2)cc1. The third-order valence-electron chi connectivity index (χ3n) is 7.46. The third kappa shape index (κ3) is 3.63. The van der Waals surface area contributed by atoms with E-state index in [0.717, 1.165) is 44.6 Å². The molecule has 0 atom stereocenters. The van der Waals surface area contributed by atoms with E-state index in [1.54, 1.807) is 0 Å². The minimum atomic E-state index is 0.928. The van der Waals surface area contributed by atoms with Gasteiger partial charge in [-0.1, -0.05) is 84.9 Å². The molecule has 3 heteroatoms. The molecule has 0 spiro atoms. The summed E-state index contributed by atoms with van der Waals surface area (Å²) in [6, 6.07) is 49.5. The smallest absolute Gasteiger partial charge is 0.143 e. The Kier molecular flexibility index (Phi) is 5.04. The molecule has 0 unspecified atom stereocenters. The first-order chi connectivity index (χ1) is 19.3. The average molecular weight is 518 g/mol. The van der Waals surface area contributed by atoms with Crippen molar-refractivity contribution in [2.45, 2.75) is 0 Å². The van der Waals surface area contributed by atoms with E-state index in [9.17, 15) is 0 Å². The topological polar surface area (TPSA) is 16.4 Å². The molecule has 0 fully saturated rings. The molecule has 184 valence electrons. The number of hydrogen-bond acceptors (Lipinski definition) is 3. The second kappa shape index (κ2) is 8.87. The van der Waals surface area contributed by atoms with Crippen molar-refractivity contribution in [3.05, 3.63) is 140 Å². The van der Waals surface area contributed by atoms with Crippen LogP contribution in [0.2, 0.25) is 0 Å². The number of thiophene rings is 1. The van der Waals surface area contributed by atoms with Crippen LogP contribution in [-0.4, -0.2) is 0 Å². The van der Waals surface area contributed by atoms with Crippen molar-refractivity contribution in [3.63, 3.8) is 0 Å². The average Bonchev–Trinajstić information content (AvgIpc) is 3.56. The van der Waals surface area contributed by atoms with E-state index < -0.39 is 0 Å². The number of benzene rings is 6. The highest BCUT2D eigenvalue weighted by Gasteiger charge is 2.16. The first kappa shape index (κ1) is 22.2. The van der Waals surface area contributed by atoms with Gasteiger partial charge in [-0.05, 0) is 60.2 Å². The Balaban J connectivity index is 1.28. The summed E-state index contributed by atoms with van der Waals surface area (Å²) in [7, 11) is 0. The van der Waals surface area contributed by atoms with E-state index in [2.05, 4.69) is 132 Å². The van der Waals surface area contributed by atoms with Crippen molar-refractivity contribution in [2.24, 2.45) is 0 Å². The van der Waals surface area contributed by atoms with Gasteiger partial charge in [0.1, 0.15) is 11.2 Å². The summed E-state index contributed by atoms with van der Waals surface area (Å²) in [5.74, 6) is 0. The van der Waals surface area contributed by atoms with Crippen molar-refractivity contribution in [1.82, 2.24) is 0 Å². The molecule has 6 aromatic carbocycles. The molecule has 0 radical (unpaired) electrons. The Hall–Kier alpha value is -4.86. The van der Waals surface area contributed by atoms with Crippen molar-refractivity contribution in [3.8, 4) is 11.1 Å². The Morgan fingerprint density at radius 1 is 0.462 bits per heavy atom. The van der Waals surface area contributed by atoms with Crippen LogP contribution in [0.25, 0.3) is 53.2 Å². The number of rotatable bonds is 4. The van der Waals surface area contributed by atoms with E-state index in [-0.39, 0.29) is 0 Å². The van der Waals surface area contributed by atoms with Crippen molar-refractivity contribution < 1.29 is 4.42 Å². The lowest BCUT2D eigenvalue weighted by molar-refractivity contribution is 0.670. The van der Waals surface area contributed by atoms with Crippen LogP contribution in [0.3, 0.4) is 0 Å². The molecular weight excluding hydrogens is 494 g/mol. The Bertz CT molecular complexity index is 2080. The number of fused-ring (bicyclic) bond motifs is 6. The van der Waals surface area contributed by atoms with Crippen molar-refractivity contribution in [1.29, 1.82) is 0 Å². The number of nitrogens with zero attached hydrogens (tertiary/aromatic N) is 1. The van der Waals surface area contributed by atoms with Crippen LogP contribution in [0.4, 0.5) is 17.1 Å². The second-order valence-electron chi connectivity index (χ2n) is 9.78. The zero-order valence-corrected chi connectivity index (χ0v) is 21.9.